The summed E-state index contributed by atoms with van der Waals surface area (Å²) in [5.41, 5.74) is 1.87. The molecule has 5 aliphatic rings. The van der Waals surface area contributed by atoms with Crippen LogP contribution >= 0.6 is 0 Å². The van der Waals surface area contributed by atoms with E-state index in [1.165, 1.54) is 5.57 Å². The van der Waals surface area contributed by atoms with Crippen molar-refractivity contribution in [3.63, 3.8) is 0 Å². The lowest BCUT2D eigenvalue weighted by Gasteiger charge is -2.70. The summed E-state index contributed by atoms with van der Waals surface area (Å²) in [6.07, 6.45) is 1.95. The Morgan fingerprint density at radius 3 is 2.20 bits per heavy atom. The average molecular weight is 621 g/mol. The molecule has 0 aromatic rings. The lowest BCUT2D eigenvalue weighted by atomic mass is 9.35. The first-order chi connectivity index (χ1) is 20.4. The van der Waals surface area contributed by atoms with Gasteiger partial charge in [0.15, 0.2) is 6.29 Å². The van der Waals surface area contributed by atoms with E-state index >= 15 is 0 Å². The van der Waals surface area contributed by atoms with E-state index < -0.39 is 43.4 Å². The summed E-state index contributed by atoms with van der Waals surface area (Å²) >= 11 is 0. The number of allylic oxidation sites excluding steroid dienone is 1. The van der Waals surface area contributed by atoms with Gasteiger partial charge in [0.25, 0.3) is 0 Å². The lowest BCUT2D eigenvalue weighted by molar-refractivity contribution is -0.331. The number of aliphatic hydroxyl groups excluding tert-OH is 6. The standard InChI is InChI=1S/C36H60O8/c1-19(2)22(38)10-9-20(3)21-11-15-36(8)28(21)23(39)17-26-34(6)14-13-27(33(4,5)25(34)12-16-35(26,36)7)44-32-31(42)30(41)29(40)24(18-37)43-32/h9,21-32,37-42H,1,10-18H2,2-8H3/b20-9+/t21?,22-,23+,24+,25-,26+,27-,28-,29+,30-,31+,32-,34-,35+,36+/m0/s1. The van der Waals surface area contributed by atoms with Crippen LogP contribution in [0.4, 0.5) is 0 Å². The molecule has 0 bridgehead atoms. The summed E-state index contributed by atoms with van der Waals surface area (Å²) in [4.78, 5) is 0. The average Bonchev–Trinajstić information content (AvgIpc) is 3.34. The van der Waals surface area contributed by atoms with Gasteiger partial charge in [-0.05, 0) is 111 Å². The Kier molecular flexibility index (Phi) is 9.40. The summed E-state index contributed by atoms with van der Waals surface area (Å²) in [6.45, 7) is 19.4. The molecule has 8 heteroatoms. The van der Waals surface area contributed by atoms with E-state index in [0.29, 0.717) is 24.2 Å². The number of hydrogen-bond acceptors (Lipinski definition) is 8. The summed E-state index contributed by atoms with van der Waals surface area (Å²) in [5, 5.41) is 63.3. The monoisotopic (exact) mass is 620 g/mol. The molecule has 252 valence electrons. The van der Waals surface area contributed by atoms with E-state index in [1.54, 1.807) is 0 Å². The lowest BCUT2D eigenvalue weighted by Crippen LogP contribution is -2.67. The van der Waals surface area contributed by atoms with Gasteiger partial charge in [0.05, 0.1) is 24.9 Å². The predicted octanol–water partition coefficient (Wildman–Crippen LogP) is 4.10. The molecule has 44 heavy (non-hydrogen) atoms. The van der Waals surface area contributed by atoms with E-state index in [0.717, 1.165) is 50.5 Å². The number of aliphatic hydroxyl groups is 6. The third kappa shape index (κ3) is 5.18. The highest BCUT2D eigenvalue weighted by atomic mass is 16.7. The van der Waals surface area contributed by atoms with Gasteiger partial charge in [-0.3, -0.25) is 0 Å². The molecule has 4 aliphatic carbocycles. The number of rotatable bonds is 7. The molecule has 6 N–H and O–H groups in total. The van der Waals surface area contributed by atoms with Crippen molar-refractivity contribution < 1.29 is 40.1 Å². The third-order valence-corrected chi connectivity index (χ3v) is 14.3. The molecule has 5 fully saturated rings. The molecule has 0 aromatic carbocycles. The van der Waals surface area contributed by atoms with Crippen molar-refractivity contribution in [2.45, 2.75) is 149 Å². The summed E-state index contributed by atoms with van der Waals surface area (Å²) in [6, 6.07) is 0. The van der Waals surface area contributed by atoms with Gasteiger partial charge in [0, 0.05) is 0 Å². The summed E-state index contributed by atoms with van der Waals surface area (Å²) in [5.74, 6) is 1.19. The van der Waals surface area contributed by atoms with Crippen LogP contribution in [0, 0.1) is 45.3 Å². The SMILES string of the molecule is C=C(C)[C@@H](O)C/C=C(\C)C1CC[C@]2(C)[C@@H]1[C@H](O)C[C@@H]1[C@@]3(C)CC[C@H](O[C@@H]4O[C@H](CO)[C@@H](O)[C@H](O)[C@H]4O)C(C)(C)[C@@H]3CC[C@]12C. The second-order valence-electron chi connectivity index (χ2n) is 16.7. The molecule has 1 unspecified atom stereocenters. The van der Waals surface area contributed by atoms with Crippen LogP contribution < -0.4 is 0 Å². The molecule has 15 atom stereocenters. The van der Waals surface area contributed by atoms with Crippen LogP contribution in [0.15, 0.2) is 23.8 Å². The normalized spacial score (nSPS) is 51.2. The maximum absolute atomic E-state index is 12.0. The van der Waals surface area contributed by atoms with E-state index in [-0.39, 0.29) is 39.8 Å². The Bertz CT molecular complexity index is 1100. The molecule has 0 radical (unpaired) electrons. The molecule has 0 spiro atoms. The first-order valence-electron chi connectivity index (χ1n) is 17.1. The van der Waals surface area contributed by atoms with Gasteiger partial charge >= 0.3 is 0 Å². The zero-order valence-electron chi connectivity index (χ0n) is 28.1. The largest absolute Gasteiger partial charge is 0.394 e. The van der Waals surface area contributed by atoms with Crippen LogP contribution in [0.25, 0.3) is 0 Å². The molecule has 8 nitrogen and oxygen atoms in total. The molecular formula is C36H60O8. The Morgan fingerprint density at radius 2 is 1.57 bits per heavy atom. The van der Waals surface area contributed by atoms with Crippen LogP contribution in [-0.4, -0.2) is 86.3 Å². The highest BCUT2D eigenvalue weighted by molar-refractivity contribution is 5.23. The predicted molar refractivity (Wildman–Crippen MR) is 168 cm³/mol. The fraction of sp³-hybridized carbons (Fsp3) is 0.889. The summed E-state index contributed by atoms with van der Waals surface area (Å²) in [7, 11) is 0. The second-order valence-corrected chi connectivity index (χ2v) is 16.7. The van der Waals surface area contributed by atoms with Crippen molar-refractivity contribution in [2.24, 2.45) is 45.3 Å². The van der Waals surface area contributed by atoms with Gasteiger partial charge in [-0.25, -0.2) is 0 Å². The van der Waals surface area contributed by atoms with Crippen LogP contribution in [0.5, 0.6) is 0 Å². The van der Waals surface area contributed by atoms with Gasteiger partial charge in [0.1, 0.15) is 24.4 Å². The molecule has 0 amide bonds. The minimum Gasteiger partial charge on any atom is -0.394 e. The minimum atomic E-state index is -1.46. The third-order valence-electron chi connectivity index (χ3n) is 14.3. The number of hydrogen-bond donors (Lipinski definition) is 6. The fourth-order valence-corrected chi connectivity index (χ4v) is 11.5. The molecule has 1 heterocycles. The highest BCUT2D eigenvalue weighted by Crippen LogP contribution is 2.75. The Morgan fingerprint density at radius 1 is 0.909 bits per heavy atom. The Labute approximate surface area is 264 Å². The fourth-order valence-electron chi connectivity index (χ4n) is 11.5. The minimum absolute atomic E-state index is 0.00384. The first-order valence-corrected chi connectivity index (χ1v) is 17.1. The van der Waals surface area contributed by atoms with Crippen molar-refractivity contribution in [1.82, 2.24) is 0 Å². The Hall–Kier alpha value is -0.840. The molecule has 4 saturated carbocycles. The number of ether oxygens (including phenoxy) is 2. The molecule has 1 aliphatic heterocycles. The van der Waals surface area contributed by atoms with E-state index in [1.807, 2.05) is 6.92 Å². The molecule has 1 saturated heterocycles. The quantitative estimate of drug-likeness (QED) is 0.185. The molecule has 5 rings (SSSR count). The van der Waals surface area contributed by atoms with Gasteiger partial charge in [-0.15, -0.1) is 0 Å². The van der Waals surface area contributed by atoms with Gasteiger partial charge in [0.2, 0.25) is 0 Å². The van der Waals surface area contributed by atoms with E-state index in [2.05, 4.69) is 54.2 Å². The smallest absolute Gasteiger partial charge is 0.186 e. The maximum atomic E-state index is 12.0. The first kappa shape index (κ1) is 34.5. The van der Waals surface area contributed by atoms with Crippen molar-refractivity contribution in [3.8, 4) is 0 Å². The van der Waals surface area contributed by atoms with Crippen LogP contribution in [-0.2, 0) is 9.47 Å². The zero-order valence-corrected chi connectivity index (χ0v) is 28.1. The summed E-state index contributed by atoms with van der Waals surface area (Å²) < 4.78 is 12.2. The zero-order chi connectivity index (χ0) is 32.6. The van der Waals surface area contributed by atoms with Crippen molar-refractivity contribution in [3.05, 3.63) is 23.8 Å². The second kappa shape index (κ2) is 12.0. The van der Waals surface area contributed by atoms with Crippen molar-refractivity contribution >= 4 is 0 Å². The van der Waals surface area contributed by atoms with Crippen molar-refractivity contribution in [2.75, 3.05) is 6.61 Å². The molecular weight excluding hydrogens is 560 g/mol. The Balaban J connectivity index is 1.37. The van der Waals surface area contributed by atoms with Gasteiger partial charge in [-0.2, -0.15) is 0 Å². The van der Waals surface area contributed by atoms with Gasteiger partial charge < -0.3 is 40.1 Å². The maximum Gasteiger partial charge on any atom is 0.186 e. The van der Waals surface area contributed by atoms with E-state index in [9.17, 15) is 30.6 Å². The van der Waals surface area contributed by atoms with Crippen LogP contribution in [0.3, 0.4) is 0 Å². The number of fused-ring (bicyclic) bond motifs is 5. The van der Waals surface area contributed by atoms with Crippen molar-refractivity contribution in [1.29, 1.82) is 0 Å². The van der Waals surface area contributed by atoms with Gasteiger partial charge in [-0.1, -0.05) is 58.4 Å². The van der Waals surface area contributed by atoms with Crippen LogP contribution in [0.1, 0.15) is 99.8 Å². The topological polar surface area (TPSA) is 140 Å². The molecule has 0 aromatic heterocycles. The van der Waals surface area contributed by atoms with Crippen LogP contribution in [0.2, 0.25) is 0 Å². The van der Waals surface area contributed by atoms with E-state index in [4.69, 9.17) is 9.47 Å². The highest BCUT2D eigenvalue weighted by Gasteiger charge is 2.70.